The number of benzene rings is 3. The molecule has 1 N–H and O–H groups in total. The molecule has 0 fully saturated rings. The Hall–Kier alpha value is -4.32. The molecule has 13 heteroatoms. The van der Waals surface area contributed by atoms with Crippen molar-refractivity contribution < 1.29 is 31.1 Å². The van der Waals surface area contributed by atoms with Crippen molar-refractivity contribution in [3.05, 3.63) is 142 Å². The van der Waals surface area contributed by atoms with Crippen LogP contribution in [0.15, 0.2) is 109 Å². The highest BCUT2D eigenvalue weighted by atomic mass is 35.5. The molecule has 4 rings (SSSR count). The van der Waals surface area contributed by atoms with Crippen molar-refractivity contribution in [1.29, 1.82) is 0 Å². The molecule has 1 atom stereocenters. The molecule has 0 saturated carbocycles. The Kier molecular flexibility index (Phi) is 14.7. The molecule has 0 radical (unpaired) electrons. The van der Waals surface area contributed by atoms with Crippen LogP contribution in [0.5, 0.6) is 0 Å². The SMILES string of the molecule is C=CC(CCC=C(C)C)c1ccc(C(F)(F)F)cc1.C=CC1=NC(c2ccc(Cl)cc2Cl)=CN(Cc2ccc(C(=O)OC)cc2NS(C)(=O)=O)C1. The van der Waals surface area contributed by atoms with Gasteiger partial charge < -0.3 is 9.64 Å². The number of anilines is 1. The molecule has 0 spiro atoms. The first-order valence-electron chi connectivity index (χ1n) is 15.7. The maximum absolute atomic E-state index is 12.5. The summed E-state index contributed by atoms with van der Waals surface area (Å²) in [6, 6.07) is 15.2. The summed E-state index contributed by atoms with van der Waals surface area (Å²) in [6.45, 7) is 12.4. The van der Waals surface area contributed by atoms with Crippen molar-refractivity contribution in [2.24, 2.45) is 4.99 Å². The Balaban J connectivity index is 0.000000316. The van der Waals surface area contributed by atoms with Gasteiger partial charge in [-0.05, 0) is 86.4 Å². The van der Waals surface area contributed by atoms with Crippen LogP contribution in [0.25, 0.3) is 5.70 Å². The molecule has 1 heterocycles. The van der Waals surface area contributed by atoms with Crippen LogP contribution in [0.2, 0.25) is 10.0 Å². The van der Waals surface area contributed by atoms with E-state index in [0.29, 0.717) is 40.0 Å². The number of carbonyl (C=O) groups excluding carboxylic acids is 1. The van der Waals surface area contributed by atoms with Crippen LogP contribution in [0.4, 0.5) is 18.9 Å². The fraction of sp³-hybridized carbons (Fsp3) is 0.263. The number of rotatable bonds is 12. The molecule has 51 heavy (non-hydrogen) atoms. The molecule has 0 aromatic heterocycles. The highest BCUT2D eigenvalue weighted by molar-refractivity contribution is 7.92. The second-order valence-corrected chi connectivity index (χ2v) is 14.5. The topological polar surface area (TPSA) is 88.1 Å². The summed E-state index contributed by atoms with van der Waals surface area (Å²) in [7, 11) is -2.31. The maximum atomic E-state index is 12.5. The van der Waals surface area contributed by atoms with E-state index >= 15 is 0 Å². The number of hydrogen-bond donors (Lipinski definition) is 1. The zero-order chi connectivity index (χ0) is 37.9. The number of alkyl halides is 3. The number of hydrogen-bond acceptors (Lipinski definition) is 6. The van der Waals surface area contributed by atoms with Gasteiger partial charge in [0, 0.05) is 29.2 Å². The first-order valence-corrected chi connectivity index (χ1v) is 18.3. The monoisotopic (exact) mass is 761 g/mol. The van der Waals surface area contributed by atoms with Crippen molar-refractivity contribution in [2.45, 2.75) is 45.3 Å². The van der Waals surface area contributed by atoms with Gasteiger partial charge >= 0.3 is 12.1 Å². The van der Waals surface area contributed by atoms with E-state index in [1.807, 2.05) is 24.9 Å². The third kappa shape index (κ3) is 12.7. The summed E-state index contributed by atoms with van der Waals surface area (Å²) >= 11 is 12.4. The van der Waals surface area contributed by atoms with Gasteiger partial charge in [0.25, 0.3) is 0 Å². The molecular weight excluding hydrogens is 722 g/mol. The van der Waals surface area contributed by atoms with Crippen molar-refractivity contribution in [3.63, 3.8) is 0 Å². The molecule has 0 amide bonds. The molecule has 272 valence electrons. The van der Waals surface area contributed by atoms with Gasteiger partial charge in [-0.2, -0.15) is 13.2 Å². The van der Waals surface area contributed by atoms with E-state index in [2.05, 4.69) is 28.9 Å². The third-order valence-corrected chi connectivity index (χ3v) is 8.70. The predicted molar refractivity (Wildman–Crippen MR) is 202 cm³/mol. The van der Waals surface area contributed by atoms with Gasteiger partial charge in [0.1, 0.15) is 0 Å². The number of halogens is 5. The molecule has 0 saturated heterocycles. The number of methoxy groups -OCH3 is 1. The molecule has 0 bridgehead atoms. The van der Waals surface area contributed by atoms with Crippen molar-refractivity contribution in [3.8, 4) is 0 Å². The first-order chi connectivity index (χ1) is 23.9. The van der Waals surface area contributed by atoms with Crippen LogP contribution >= 0.6 is 23.2 Å². The molecule has 3 aromatic carbocycles. The summed E-state index contributed by atoms with van der Waals surface area (Å²) in [5.74, 6) is -0.468. The summed E-state index contributed by atoms with van der Waals surface area (Å²) in [4.78, 5) is 18.5. The van der Waals surface area contributed by atoms with Gasteiger partial charge in [0.2, 0.25) is 10.0 Å². The molecule has 3 aromatic rings. The fourth-order valence-electron chi connectivity index (χ4n) is 5.05. The minimum absolute atomic E-state index is 0.0953. The zero-order valence-corrected chi connectivity index (χ0v) is 31.1. The lowest BCUT2D eigenvalue weighted by Crippen LogP contribution is -2.27. The van der Waals surface area contributed by atoms with Crippen molar-refractivity contribution >= 4 is 56.3 Å². The van der Waals surface area contributed by atoms with Gasteiger partial charge in [0.15, 0.2) is 0 Å². The molecule has 7 nitrogen and oxygen atoms in total. The quantitative estimate of drug-likeness (QED) is 0.147. The Morgan fingerprint density at radius 2 is 1.76 bits per heavy atom. The van der Waals surface area contributed by atoms with Gasteiger partial charge in [0.05, 0.1) is 53.2 Å². The number of sulfonamides is 1. The van der Waals surface area contributed by atoms with Crippen molar-refractivity contribution in [2.75, 3.05) is 24.6 Å². The maximum Gasteiger partial charge on any atom is 0.416 e. The van der Waals surface area contributed by atoms with Crippen LogP contribution in [-0.4, -0.2) is 44.9 Å². The van der Waals surface area contributed by atoms with Gasteiger partial charge in [-0.1, -0.05) is 65.7 Å². The fourth-order valence-corrected chi connectivity index (χ4v) is 6.14. The number of esters is 1. The summed E-state index contributed by atoms with van der Waals surface area (Å²) in [5, 5.41) is 0.974. The second-order valence-electron chi connectivity index (χ2n) is 11.9. The first kappa shape index (κ1) is 41.1. The number of allylic oxidation sites excluding steroid dienone is 3. The van der Waals surface area contributed by atoms with E-state index in [-0.39, 0.29) is 17.2 Å². The summed E-state index contributed by atoms with van der Waals surface area (Å²) < 4.78 is 68.4. The van der Waals surface area contributed by atoms with E-state index < -0.39 is 27.7 Å². The van der Waals surface area contributed by atoms with Crippen molar-refractivity contribution in [1.82, 2.24) is 4.90 Å². The molecule has 1 aliphatic rings. The van der Waals surface area contributed by atoms with E-state index in [0.717, 1.165) is 42.5 Å². The lowest BCUT2D eigenvalue weighted by molar-refractivity contribution is -0.137. The second kappa shape index (κ2) is 18.3. The highest BCUT2D eigenvalue weighted by Crippen LogP contribution is 2.33. The van der Waals surface area contributed by atoms with Crippen LogP contribution < -0.4 is 4.72 Å². The number of nitrogens with one attached hydrogen (secondary N) is 1. The molecule has 0 aliphatic carbocycles. The molecular formula is C38H40Cl2F3N3O4S. The van der Waals surface area contributed by atoms with Crippen LogP contribution in [0.1, 0.15) is 65.2 Å². The zero-order valence-electron chi connectivity index (χ0n) is 28.7. The Morgan fingerprint density at radius 1 is 1.08 bits per heavy atom. The Morgan fingerprint density at radius 3 is 2.31 bits per heavy atom. The smallest absolute Gasteiger partial charge is 0.416 e. The number of aliphatic imine (C=N–C) groups is 1. The van der Waals surface area contributed by atoms with Crippen LogP contribution in [0.3, 0.4) is 0 Å². The van der Waals surface area contributed by atoms with E-state index in [1.54, 1.807) is 42.5 Å². The standard InChI is InChI=1S/C22H21Cl2N3O4S.C16H19F3/c1-4-17-12-27(13-21(25-17)18-8-7-16(23)10-19(18)24)11-15-6-5-14(22(28)31-2)9-20(15)26-32(3,29)30;1-4-13(7-5-6-12(2)3)14-8-10-15(11-9-14)16(17,18)19/h4-10,13,26H,1,11-12H2,2-3H3;4,6,8-11,13H,1,5,7H2,2-3H3. The van der Waals surface area contributed by atoms with E-state index in [4.69, 9.17) is 27.9 Å². The average Bonchev–Trinajstić information content (AvgIpc) is 3.06. The number of ether oxygens (including phenoxy) is 1. The Bertz CT molecular complexity index is 1940. The largest absolute Gasteiger partial charge is 0.465 e. The molecule has 1 unspecified atom stereocenters. The third-order valence-electron chi connectivity index (χ3n) is 7.56. The average molecular weight is 763 g/mol. The summed E-state index contributed by atoms with van der Waals surface area (Å²) in [6.07, 6.45) is 5.94. The lowest BCUT2D eigenvalue weighted by Gasteiger charge is -2.27. The van der Waals surface area contributed by atoms with E-state index in [1.165, 1.54) is 30.9 Å². The molecule has 1 aliphatic heterocycles. The van der Waals surface area contributed by atoms with Gasteiger partial charge in [-0.25, -0.2) is 18.2 Å². The lowest BCUT2D eigenvalue weighted by atomic mass is 9.93. The van der Waals surface area contributed by atoms with Gasteiger partial charge in [-0.3, -0.25) is 4.72 Å². The Labute approximate surface area is 307 Å². The van der Waals surface area contributed by atoms with Crippen LogP contribution in [-0.2, 0) is 27.5 Å². The highest BCUT2D eigenvalue weighted by Gasteiger charge is 2.30. The minimum Gasteiger partial charge on any atom is -0.465 e. The summed E-state index contributed by atoms with van der Waals surface area (Å²) in [5.41, 5.74) is 4.75. The normalized spacial score (nSPS) is 13.5. The predicted octanol–water partition coefficient (Wildman–Crippen LogP) is 10.3. The van der Waals surface area contributed by atoms with Gasteiger partial charge in [-0.15, -0.1) is 6.58 Å². The minimum atomic E-state index is -4.27. The number of nitrogens with zero attached hydrogens (tertiary/aromatic N) is 2. The number of carbonyl (C=O) groups is 1. The van der Waals surface area contributed by atoms with E-state index in [9.17, 15) is 26.4 Å². The van der Waals surface area contributed by atoms with Crippen LogP contribution in [0, 0.1) is 0 Å².